The van der Waals surface area contributed by atoms with E-state index in [4.69, 9.17) is 4.43 Å². The number of rotatable bonds is 5. The van der Waals surface area contributed by atoms with Crippen LogP contribution >= 0.6 is 0 Å². The first-order chi connectivity index (χ1) is 13.9. The largest absolute Gasteiger partial charge is 0.406 e. The van der Waals surface area contributed by atoms with Gasteiger partial charge in [0.1, 0.15) is 0 Å². The first-order valence-corrected chi connectivity index (χ1v) is 12.6. The fraction of sp³-hybridized carbons (Fsp3) is 0.440. The highest BCUT2D eigenvalue weighted by molar-refractivity contribution is 6.99. The van der Waals surface area contributed by atoms with Crippen LogP contribution in [0.2, 0.25) is 5.04 Å². The normalized spacial score (nSPS) is 24.2. The molecule has 0 N–H and O–H groups in total. The zero-order chi connectivity index (χ0) is 20.5. The van der Waals surface area contributed by atoms with E-state index in [9.17, 15) is 4.39 Å². The minimum absolute atomic E-state index is 0.0346. The van der Waals surface area contributed by atoms with Crippen molar-refractivity contribution in [3.8, 4) is 0 Å². The van der Waals surface area contributed by atoms with Gasteiger partial charge < -0.3 is 4.43 Å². The summed E-state index contributed by atoms with van der Waals surface area (Å²) >= 11 is 0. The number of fused-ring (bicyclic) bond motifs is 1. The fourth-order valence-electron chi connectivity index (χ4n) is 5.46. The summed E-state index contributed by atoms with van der Waals surface area (Å²) in [6, 6.07) is 21.6. The van der Waals surface area contributed by atoms with Gasteiger partial charge in [-0.05, 0) is 46.8 Å². The van der Waals surface area contributed by atoms with Crippen LogP contribution in [-0.4, -0.2) is 38.5 Å². The molecule has 2 aliphatic heterocycles. The molecule has 2 aromatic carbocycles. The first-order valence-electron chi connectivity index (χ1n) is 10.7. The molecule has 1 atom stereocenters. The van der Waals surface area contributed by atoms with Gasteiger partial charge in [-0.3, -0.25) is 4.90 Å². The highest BCUT2D eigenvalue weighted by Crippen LogP contribution is 2.44. The molecule has 4 rings (SSSR count). The Bertz CT molecular complexity index is 822. The van der Waals surface area contributed by atoms with Crippen molar-refractivity contribution in [3.63, 3.8) is 0 Å². The SMILES string of the molecule is CC(C)(C)[Si](OCC12CCCN1CC(=CF)C2)(c1ccccc1)c1ccccc1. The molecule has 2 aliphatic rings. The summed E-state index contributed by atoms with van der Waals surface area (Å²) in [5.74, 6) is 0. The van der Waals surface area contributed by atoms with Gasteiger partial charge in [0, 0.05) is 12.1 Å². The highest BCUT2D eigenvalue weighted by atomic mass is 28.4. The van der Waals surface area contributed by atoms with Crippen LogP contribution in [0.1, 0.15) is 40.0 Å². The molecular weight excluding hydrogens is 377 g/mol. The average Bonchev–Trinajstić information content (AvgIpc) is 3.26. The molecule has 0 saturated carbocycles. The molecule has 29 heavy (non-hydrogen) atoms. The van der Waals surface area contributed by atoms with Gasteiger partial charge in [0.15, 0.2) is 0 Å². The van der Waals surface area contributed by atoms with E-state index in [0.717, 1.165) is 37.8 Å². The second-order valence-corrected chi connectivity index (χ2v) is 14.0. The van der Waals surface area contributed by atoms with Gasteiger partial charge in [-0.1, -0.05) is 81.4 Å². The summed E-state index contributed by atoms with van der Waals surface area (Å²) in [5.41, 5.74) is 0.862. The van der Waals surface area contributed by atoms with Gasteiger partial charge in [-0.25, -0.2) is 4.39 Å². The third-order valence-corrected chi connectivity index (χ3v) is 11.8. The van der Waals surface area contributed by atoms with Crippen LogP contribution < -0.4 is 10.4 Å². The lowest BCUT2D eigenvalue weighted by Gasteiger charge is -2.45. The minimum atomic E-state index is -2.55. The van der Waals surface area contributed by atoms with Crippen LogP contribution in [0.5, 0.6) is 0 Å². The topological polar surface area (TPSA) is 12.5 Å². The number of hydrogen-bond donors (Lipinski definition) is 0. The monoisotopic (exact) mass is 409 g/mol. The third kappa shape index (κ3) is 3.52. The molecule has 154 valence electrons. The minimum Gasteiger partial charge on any atom is -0.406 e. The summed E-state index contributed by atoms with van der Waals surface area (Å²) < 4.78 is 20.5. The number of benzene rings is 2. The Kier molecular flexibility index (Phi) is 5.53. The van der Waals surface area contributed by atoms with E-state index in [1.54, 1.807) is 0 Å². The molecule has 0 radical (unpaired) electrons. The molecule has 2 fully saturated rings. The average molecular weight is 410 g/mol. The van der Waals surface area contributed by atoms with Crippen LogP contribution in [0.3, 0.4) is 0 Å². The smallest absolute Gasteiger partial charge is 0.261 e. The second-order valence-electron chi connectivity index (χ2n) is 9.65. The molecule has 2 saturated heterocycles. The molecule has 4 heteroatoms. The lowest BCUT2D eigenvalue weighted by atomic mass is 9.94. The predicted molar refractivity (Wildman–Crippen MR) is 121 cm³/mol. The zero-order valence-electron chi connectivity index (χ0n) is 17.8. The molecule has 0 amide bonds. The van der Waals surface area contributed by atoms with Crippen molar-refractivity contribution in [1.82, 2.24) is 4.90 Å². The van der Waals surface area contributed by atoms with E-state index in [-0.39, 0.29) is 10.6 Å². The van der Waals surface area contributed by atoms with Crippen LogP contribution in [0, 0.1) is 0 Å². The van der Waals surface area contributed by atoms with E-state index in [1.165, 1.54) is 16.8 Å². The molecule has 0 aromatic heterocycles. The Hall–Kier alpha value is -1.75. The van der Waals surface area contributed by atoms with Gasteiger partial charge in [0.25, 0.3) is 8.32 Å². The molecule has 2 aromatic rings. The van der Waals surface area contributed by atoms with Gasteiger partial charge in [-0.2, -0.15) is 0 Å². The standard InChI is InChI=1S/C25H32FNOSi/c1-24(2,3)29(22-11-6-4-7-12-22,23-13-8-5-9-14-23)28-20-25-15-10-16-27(25)19-21(17-25)18-26/h4-9,11-14,18H,10,15-17,19-20H2,1-3H3. The van der Waals surface area contributed by atoms with E-state index in [1.807, 2.05) is 0 Å². The maximum absolute atomic E-state index is 13.3. The summed E-state index contributed by atoms with van der Waals surface area (Å²) in [7, 11) is -2.55. The predicted octanol–water partition coefficient (Wildman–Crippen LogP) is 4.65. The summed E-state index contributed by atoms with van der Waals surface area (Å²) in [6.07, 6.45) is 3.87. The van der Waals surface area contributed by atoms with Crippen molar-refractivity contribution in [1.29, 1.82) is 0 Å². The Morgan fingerprint density at radius 1 is 1.03 bits per heavy atom. The first kappa shape index (κ1) is 20.5. The molecule has 1 unspecified atom stereocenters. The summed E-state index contributed by atoms with van der Waals surface area (Å²) in [5, 5.41) is 2.57. The van der Waals surface area contributed by atoms with Crippen LogP contribution in [0.4, 0.5) is 4.39 Å². The van der Waals surface area contributed by atoms with E-state index < -0.39 is 8.32 Å². The Morgan fingerprint density at radius 3 is 2.14 bits per heavy atom. The Balaban J connectivity index is 1.77. The van der Waals surface area contributed by atoms with Crippen LogP contribution in [-0.2, 0) is 4.43 Å². The van der Waals surface area contributed by atoms with Crippen molar-refractivity contribution >= 4 is 18.7 Å². The molecule has 0 spiro atoms. The molecular formula is C25H32FNOSi. The summed E-state index contributed by atoms with van der Waals surface area (Å²) in [4.78, 5) is 2.45. The quantitative estimate of drug-likeness (QED) is 0.666. The number of hydrogen-bond acceptors (Lipinski definition) is 2. The van der Waals surface area contributed by atoms with Crippen LogP contribution in [0.15, 0.2) is 72.6 Å². The zero-order valence-corrected chi connectivity index (χ0v) is 18.8. The second kappa shape index (κ2) is 7.82. The molecule has 0 aliphatic carbocycles. The maximum atomic E-state index is 13.3. The van der Waals surface area contributed by atoms with Gasteiger partial charge in [-0.15, -0.1) is 0 Å². The number of halogens is 1. The van der Waals surface area contributed by atoms with Crippen LogP contribution in [0.25, 0.3) is 0 Å². The van der Waals surface area contributed by atoms with Crippen molar-refractivity contribution in [2.75, 3.05) is 19.7 Å². The third-order valence-electron chi connectivity index (χ3n) is 6.82. The van der Waals surface area contributed by atoms with E-state index >= 15 is 0 Å². The lowest BCUT2D eigenvalue weighted by molar-refractivity contribution is 0.108. The van der Waals surface area contributed by atoms with Gasteiger partial charge >= 0.3 is 0 Å². The molecule has 2 heterocycles. The van der Waals surface area contributed by atoms with Crippen molar-refractivity contribution in [2.45, 2.75) is 50.6 Å². The summed E-state index contributed by atoms with van der Waals surface area (Å²) in [6.45, 7) is 9.39. The maximum Gasteiger partial charge on any atom is 0.261 e. The Labute approximate surface area is 175 Å². The van der Waals surface area contributed by atoms with E-state index in [2.05, 4.69) is 86.3 Å². The van der Waals surface area contributed by atoms with Gasteiger partial charge in [0.05, 0.1) is 12.9 Å². The Morgan fingerprint density at radius 2 is 1.62 bits per heavy atom. The molecule has 2 nitrogen and oxygen atoms in total. The van der Waals surface area contributed by atoms with E-state index in [0.29, 0.717) is 6.61 Å². The number of nitrogens with zero attached hydrogens (tertiary/aromatic N) is 1. The van der Waals surface area contributed by atoms with Crippen molar-refractivity contribution in [2.24, 2.45) is 0 Å². The van der Waals surface area contributed by atoms with Crippen molar-refractivity contribution in [3.05, 3.63) is 72.6 Å². The fourth-order valence-corrected chi connectivity index (χ4v) is 10.1. The van der Waals surface area contributed by atoms with Gasteiger partial charge in [0.2, 0.25) is 0 Å². The highest BCUT2D eigenvalue weighted by Gasteiger charge is 2.53. The van der Waals surface area contributed by atoms with Crippen molar-refractivity contribution < 1.29 is 8.82 Å². The molecule has 0 bridgehead atoms. The lowest BCUT2D eigenvalue weighted by Crippen LogP contribution is -2.68.